The highest BCUT2D eigenvalue weighted by Gasteiger charge is 2.13. The Morgan fingerprint density at radius 2 is 2.35 bits per heavy atom. The van der Waals surface area contributed by atoms with Gasteiger partial charge in [-0.05, 0) is 35.1 Å². The maximum absolute atomic E-state index is 11.8. The molecule has 1 aromatic heterocycles. The SMILES string of the molecule is CCCCC(CN)NC(=O)c1cc(I)c[nH]1.Cl. The van der Waals surface area contributed by atoms with Crippen molar-refractivity contribution in [1.29, 1.82) is 0 Å². The second-order valence-electron chi connectivity index (χ2n) is 3.78. The first kappa shape index (κ1) is 16.7. The van der Waals surface area contributed by atoms with Crippen molar-refractivity contribution in [3.63, 3.8) is 0 Å². The van der Waals surface area contributed by atoms with Crippen LogP contribution in [0.5, 0.6) is 0 Å². The lowest BCUT2D eigenvalue weighted by molar-refractivity contribution is 0.0931. The zero-order chi connectivity index (χ0) is 12.0. The fourth-order valence-corrected chi connectivity index (χ4v) is 1.93. The molecule has 1 heterocycles. The summed E-state index contributed by atoms with van der Waals surface area (Å²) in [5.41, 5.74) is 6.22. The van der Waals surface area contributed by atoms with Crippen molar-refractivity contribution in [2.75, 3.05) is 6.54 Å². The van der Waals surface area contributed by atoms with Crippen LogP contribution in [0, 0.1) is 3.57 Å². The maximum Gasteiger partial charge on any atom is 0.267 e. The standard InChI is InChI=1S/C11H18IN3O.ClH/c1-2-3-4-9(6-13)15-11(16)10-5-8(12)7-14-10;/h5,7,9,14H,2-4,6,13H2,1H3,(H,15,16);1H. The third kappa shape index (κ3) is 5.74. The predicted molar refractivity (Wildman–Crippen MR) is 80.6 cm³/mol. The van der Waals surface area contributed by atoms with Gasteiger partial charge in [-0.1, -0.05) is 19.8 Å². The second kappa shape index (κ2) is 8.77. The number of carbonyl (C=O) groups is 1. The van der Waals surface area contributed by atoms with Crippen molar-refractivity contribution in [3.8, 4) is 0 Å². The van der Waals surface area contributed by atoms with Gasteiger partial charge in [0.15, 0.2) is 0 Å². The van der Waals surface area contributed by atoms with E-state index in [1.54, 1.807) is 6.20 Å². The molecule has 0 bridgehead atoms. The van der Waals surface area contributed by atoms with Gasteiger partial charge in [0, 0.05) is 22.4 Å². The topological polar surface area (TPSA) is 70.9 Å². The highest BCUT2D eigenvalue weighted by molar-refractivity contribution is 14.1. The van der Waals surface area contributed by atoms with Crippen molar-refractivity contribution < 1.29 is 4.79 Å². The summed E-state index contributed by atoms with van der Waals surface area (Å²) in [6.45, 7) is 2.62. The van der Waals surface area contributed by atoms with Crippen LogP contribution in [0.25, 0.3) is 0 Å². The molecule has 4 N–H and O–H groups in total. The maximum atomic E-state index is 11.8. The van der Waals surface area contributed by atoms with E-state index in [1.807, 2.05) is 6.07 Å². The molecule has 6 heteroatoms. The number of carbonyl (C=O) groups excluding carboxylic acids is 1. The number of hydrogen-bond acceptors (Lipinski definition) is 2. The minimum Gasteiger partial charge on any atom is -0.356 e. The summed E-state index contributed by atoms with van der Waals surface area (Å²) in [7, 11) is 0. The number of halogens is 2. The number of hydrogen-bond donors (Lipinski definition) is 3. The van der Waals surface area contributed by atoms with Gasteiger partial charge in [0.05, 0.1) is 0 Å². The van der Waals surface area contributed by atoms with Crippen molar-refractivity contribution in [3.05, 3.63) is 21.5 Å². The van der Waals surface area contributed by atoms with E-state index < -0.39 is 0 Å². The molecule has 1 rings (SSSR count). The summed E-state index contributed by atoms with van der Waals surface area (Å²) in [6, 6.07) is 1.90. The normalized spacial score (nSPS) is 11.7. The van der Waals surface area contributed by atoms with Crippen LogP contribution >= 0.6 is 35.0 Å². The van der Waals surface area contributed by atoms with Crippen LogP contribution in [0.4, 0.5) is 0 Å². The average Bonchev–Trinajstić information content (AvgIpc) is 2.70. The van der Waals surface area contributed by atoms with Gasteiger partial charge in [-0.15, -0.1) is 12.4 Å². The smallest absolute Gasteiger partial charge is 0.267 e. The third-order valence-electron chi connectivity index (χ3n) is 2.42. The first-order chi connectivity index (χ1) is 7.67. The molecule has 0 fully saturated rings. The number of H-pyrrole nitrogens is 1. The van der Waals surface area contributed by atoms with Gasteiger partial charge in [0.25, 0.3) is 5.91 Å². The zero-order valence-electron chi connectivity index (χ0n) is 9.83. The van der Waals surface area contributed by atoms with Gasteiger partial charge in [-0.2, -0.15) is 0 Å². The van der Waals surface area contributed by atoms with Crippen LogP contribution in [-0.4, -0.2) is 23.5 Å². The molecule has 0 radical (unpaired) electrons. The number of aromatic amines is 1. The van der Waals surface area contributed by atoms with Gasteiger partial charge in [0.1, 0.15) is 5.69 Å². The monoisotopic (exact) mass is 371 g/mol. The number of nitrogens with one attached hydrogen (secondary N) is 2. The van der Waals surface area contributed by atoms with Gasteiger partial charge in [0.2, 0.25) is 0 Å². The van der Waals surface area contributed by atoms with E-state index in [0.29, 0.717) is 12.2 Å². The summed E-state index contributed by atoms with van der Waals surface area (Å²) in [5.74, 6) is -0.0746. The highest BCUT2D eigenvalue weighted by Crippen LogP contribution is 2.07. The first-order valence-electron chi connectivity index (χ1n) is 5.52. The van der Waals surface area contributed by atoms with E-state index in [0.717, 1.165) is 22.8 Å². The third-order valence-corrected chi connectivity index (χ3v) is 3.04. The molecule has 0 saturated heterocycles. The Morgan fingerprint density at radius 3 is 2.82 bits per heavy atom. The van der Waals surface area contributed by atoms with Crippen LogP contribution in [0.15, 0.2) is 12.3 Å². The van der Waals surface area contributed by atoms with Crippen molar-refractivity contribution in [2.24, 2.45) is 5.73 Å². The molecule has 0 aliphatic carbocycles. The van der Waals surface area contributed by atoms with Crippen molar-refractivity contribution in [2.45, 2.75) is 32.2 Å². The van der Waals surface area contributed by atoms with E-state index in [4.69, 9.17) is 5.73 Å². The minimum absolute atomic E-state index is 0. The second-order valence-corrected chi connectivity index (χ2v) is 5.03. The van der Waals surface area contributed by atoms with Gasteiger partial charge in [-0.3, -0.25) is 4.79 Å². The van der Waals surface area contributed by atoms with Crippen LogP contribution in [0.3, 0.4) is 0 Å². The Balaban J connectivity index is 0.00000256. The molecule has 0 saturated carbocycles. The van der Waals surface area contributed by atoms with Crippen molar-refractivity contribution >= 4 is 40.9 Å². The number of unbranched alkanes of at least 4 members (excludes halogenated alkanes) is 1. The lowest BCUT2D eigenvalue weighted by atomic mass is 10.1. The molecule has 4 nitrogen and oxygen atoms in total. The molecule has 0 aliphatic rings. The molecular weight excluding hydrogens is 352 g/mol. The van der Waals surface area contributed by atoms with Gasteiger partial charge in [-0.25, -0.2) is 0 Å². The first-order valence-corrected chi connectivity index (χ1v) is 6.60. The lowest BCUT2D eigenvalue weighted by Gasteiger charge is -2.15. The lowest BCUT2D eigenvalue weighted by Crippen LogP contribution is -2.40. The van der Waals surface area contributed by atoms with E-state index in [2.05, 4.69) is 39.8 Å². The molecular formula is C11H19ClIN3O. The predicted octanol–water partition coefficient (Wildman–Crippen LogP) is 2.29. The molecule has 98 valence electrons. The zero-order valence-corrected chi connectivity index (χ0v) is 12.8. The minimum atomic E-state index is -0.0746. The van der Waals surface area contributed by atoms with Crippen LogP contribution in [-0.2, 0) is 0 Å². The number of nitrogens with two attached hydrogens (primary N) is 1. The van der Waals surface area contributed by atoms with Gasteiger partial charge >= 0.3 is 0 Å². The Morgan fingerprint density at radius 1 is 1.65 bits per heavy atom. The van der Waals surface area contributed by atoms with E-state index >= 15 is 0 Å². The van der Waals surface area contributed by atoms with Gasteiger partial charge < -0.3 is 16.0 Å². The van der Waals surface area contributed by atoms with Crippen LogP contribution in [0.1, 0.15) is 36.7 Å². The molecule has 0 spiro atoms. The molecule has 1 unspecified atom stereocenters. The van der Waals surface area contributed by atoms with E-state index in [1.165, 1.54) is 0 Å². The Labute approximate surface area is 122 Å². The summed E-state index contributed by atoms with van der Waals surface area (Å²) < 4.78 is 1.03. The number of aromatic nitrogens is 1. The highest BCUT2D eigenvalue weighted by atomic mass is 127. The summed E-state index contributed by atoms with van der Waals surface area (Å²) in [6.07, 6.45) is 4.95. The number of amides is 1. The quantitative estimate of drug-likeness (QED) is 0.672. The fraction of sp³-hybridized carbons (Fsp3) is 0.545. The largest absolute Gasteiger partial charge is 0.356 e. The molecule has 17 heavy (non-hydrogen) atoms. The molecule has 0 aliphatic heterocycles. The average molecular weight is 372 g/mol. The Bertz CT molecular complexity index is 343. The van der Waals surface area contributed by atoms with Crippen LogP contribution < -0.4 is 11.1 Å². The molecule has 1 atom stereocenters. The Hall–Kier alpha value is -0.270. The number of rotatable bonds is 6. The van der Waals surface area contributed by atoms with E-state index in [9.17, 15) is 4.79 Å². The summed E-state index contributed by atoms with van der Waals surface area (Å²) in [4.78, 5) is 14.7. The van der Waals surface area contributed by atoms with Crippen molar-refractivity contribution in [1.82, 2.24) is 10.3 Å². The van der Waals surface area contributed by atoms with E-state index in [-0.39, 0.29) is 24.4 Å². The Kier molecular flexibility index (Phi) is 8.63. The summed E-state index contributed by atoms with van der Waals surface area (Å²) >= 11 is 2.16. The molecule has 0 aromatic carbocycles. The fourth-order valence-electron chi connectivity index (χ4n) is 1.46. The summed E-state index contributed by atoms with van der Waals surface area (Å²) in [5, 5.41) is 2.93. The van der Waals surface area contributed by atoms with Crippen LogP contribution in [0.2, 0.25) is 0 Å². The molecule has 1 amide bonds. The molecule has 1 aromatic rings.